The van der Waals surface area contributed by atoms with E-state index in [1.165, 1.54) is 17.5 Å². The monoisotopic (exact) mass is 530 g/mol. The molecule has 0 fully saturated rings. The summed E-state index contributed by atoms with van der Waals surface area (Å²) in [4.78, 5) is 49.4. The van der Waals surface area contributed by atoms with Gasteiger partial charge in [0.15, 0.2) is 10.9 Å². The molecule has 12 heteroatoms. The predicted octanol–water partition coefficient (Wildman–Crippen LogP) is 4.77. The number of aryl methyl sites for hydroxylation is 2. The van der Waals surface area contributed by atoms with Gasteiger partial charge < -0.3 is 10.6 Å². The third-order valence-electron chi connectivity index (χ3n) is 5.24. The molecular weight excluding hydrogens is 504 g/mol. The van der Waals surface area contributed by atoms with Crippen LogP contribution in [0.3, 0.4) is 0 Å². The first-order valence-electron chi connectivity index (χ1n) is 11.3. The minimum Gasteiger partial charge on any atom is -0.316 e. The Kier molecular flexibility index (Phi) is 9.86. The molecule has 0 saturated carbocycles. The van der Waals surface area contributed by atoms with E-state index < -0.39 is 5.91 Å². The van der Waals surface area contributed by atoms with Gasteiger partial charge in [0.1, 0.15) is 17.5 Å². The minimum absolute atomic E-state index is 0.0828. The lowest BCUT2D eigenvalue weighted by molar-refractivity contribution is -0.129. The zero-order valence-electron chi connectivity index (χ0n) is 19.9. The number of Topliss-reactive ketones (excluding diaryl/α,β-unsaturated/α-hetero) is 1. The Hall–Kier alpha value is -3.41. The highest BCUT2D eigenvalue weighted by molar-refractivity contribution is 7.17. The molecule has 0 saturated heterocycles. The lowest BCUT2D eigenvalue weighted by Crippen LogP contribution is -2.17. The maximum Gasteiger partial charge on any atom is 0.243 e. The maximum atomic E-state index is 12.8. The van der Waals surface area contributed by atoms with E-state index in [1.54, 1.807) is 24.5 Å². The summed E-state index contributed by atoms with van der Waals surface area (Å²) in [5.41, 5.74) is 3.34. The molecular formula is C24H27ClN6O4S. The molecule has 10 nitrogen and oxygen atoms in total. The molecule has 36 heavy (non-hydrogen) atoms. The van der Waals surface area contributed by atoms with E-state index in [4.69, 9.17) is 16.8 Å². The number of unbranched alkanes of at least 4 members (excludes halogenated alkanes) is 2. The molecule has 1 aromatic carbocycles. The molecule has 0 aliphatic heterocycles. The second-order valence-corrected chi connectivity index (χ2v) is 9.56. The van der Waals surface area contributed by atoms with Gasteiger partial charge in [-0.25, -0.2) is 20.4 Å². The van der Waals surface area contributed by atoms with Gasteiger partial charge in [-0.05, 0) is 43.9 Å². The number of nitrogens with one attached hydrogen (secondary N) is 3. The summed E-state index contributed by atoms with van der Waals surface area (Å²) in [5, 5.41) is 15.3. The van der Waals surface area contributed by atoms with E-state index in [1.807, 2.05) is 19.1 Å². The summed E-state index contributed by atoms with van der Waals surface area (Å²) in [6.07, 6.45) is 4.04. The number of nitrogens with zero attached hydrogens (tertiary/aromatic N) is 3. The topological polar surface area (TPSA) is 146 Å². The SMILES string of the molecule is Cc1nc(NC(=O)CCCCCC(=O)NO)cc(Nc2ncc(C(=O)Cc3c(C)cccc3Cl)s2)n1. The second kappa shape index (κ2) is 13.1. The number of rotatable bonds is 12. The Bertz CT molecular complexity index is 1230. The van der Waals surface area contributed by atoms with Gasteiger partial charge in [-0.1, -0.05) is 41.5 Å². The lowest BCUT2D eigenvalue weighted by atomic mass is 10.0. The summed E-state index contributed by atoms with van der Waals surface area (Å²) >= 11 is 7.46. The first-order chi connectivity index (χ1) is 17.2. The van der Waals surface area contributed by atoms with Crippen LogP contribution in [0.4, 0.5) is 16.8 Å². The molecule has 4 N–H and O–H groups in total. The summed E-state index contributed by atoms with van der Waals surface area (Å²) in [5.74, 6) is 0.499. The largest absolute Gasteiger partial charge is 0.316 e. The third kappa shape index (κ3) is 8.08. The van der Waals surface area contributed by atoms with Crippen LogP contribution in [0, 0.1) is 13.8 Å². The van der Waals surface area contributed by atoms with Gasteiger partial charge in [0.2, 0.25) is 11.8 Å². The quantitative estimate of drug-likeness (QED) is 0.113. The lowest BCUT2D eigenvalue weighted by Gasteiger charge is -2.08. The molecule has 3 aromatic rings. The fourth-order valence-electron chi connectivity index (χ4n) is 3.41. The maximum absolute atomic E-state index is 12.8. The number of thiazole rings is 1. The zero-order valence-corrected chi connectivity index (χ0v) is 21.5. The van der Waals surface area contributed by atoms with E-state index in [0.717, 1.165) is 11.1 Å². The van der Waals surface area contributed by atoms with Crippen LogP contribution in [0.1, 0.15) is 58.7 Å². The number of hydrogen-bond donors (Lipinski definition) is 4. The highest BCUT2D eigenvalue weighted by atomic mass is 35.5. The van der Waals surface area contributed by atoms with Crippen molar-refractivity contribution in [3.05, 3.63) is 57.3 Å². The molecule has 3 rings (SSSR count). The summed E-state index contributed by atoms with van der Waals surface area (Å²) < 4.78 is 0. The Morgan fingerprint density at radius 1 is 1.03 bits per heavy atom. The Morgan fingerprint density at radius 3 is 2.47 bits per heavy atom. The summed E-state index contributed by atoms with van der Waals surface area (Å²) in [7, 11) is 0. The van der Waals surface area contributed by atoms with Crippen molar-refractivity contribution in [2.45, 2.75) is 52.4 Å². The Morgan fingerprint density at radius 2 is 1.75 bits per heavy atom. The van der Waals surface area contributed by atoms with Crippen LogP contribution >= 0.6 is 22.9 Å². The molecule has 0 spiro atoms. The molecule has 0 bridgehead atoms. The van der Waals surface area contributed by atoms with Gasteiger partial charge in [0, 0.05) is 30.4 Å². The molecule has 2 heterocycles. The van der Waals surface area contributed by atoms with Crippen LogP contribution in [-0.2, 0) is 16.0 Å². The van der Waals surface area contributed by atoms with Crippen molar-refractivity contribution >= 4 is 57.3 Å². The molecule has 0 unspecified atom stereocenters. The van der Waals surface area contributed by atoms with Crippen molar-refractivity contribution in [1.29, 1.82) is 0 Å². The van der Waals surface area contributed by atoms with Gasteiger partial charge in [-0.2, -0.15) is 0 Å². The number of benzene rings is 1. The van der Waals surface area contributed by atoms with Crippen molar-refractivity contribution in [1.82, 2.24) is 20.4 Å². The number of aromatic nitrogens is 3. The van der Waals surface area contributed by atoms with Crippen LogP contribution < -0.4 is 16.1 Å². The number of ketones is 1. The smallest absolute Gasteiger partial charge is 0.243 e. The van der Waals surface area contributed by atoms with E-state index in [2.05, 4.69) is 25.6 Å². The molecule has 0 radical (unpaired) electrons. The average molecular weight is 531 g/mol. The standard InChI is InChI=1S/C24H27ClN6O4S/c1-14-7-6-8-17(25)16(14)11-18(32)19-13-26-24(36-19)30-21-12-20(27-15(2)28-21)29-22(33)9-4-3-5-10-23(34)31-35/h6-8,12-13,35H,3-5,9-11H2,1-2H3,(H,31,34)(H2,26,27,28,29,30,33). The van der Waals surface area contributed by atoms with Crippen LogP contribution in [0.25, 0.3) is 0 Å². The second-order valence-electron chi connectivity index (χ2n) is 8.12. The molecule has 2 amide bonds. The van der Waals surface area contributed by atoms with Crippen molar-refractivity contribution in [3.63, 3.8) is 0 Å². The minimum atomic E-state index is -0.441. The van der Waals surface area contributed by atoms with Crippen molar-refractivity contribution in [2.75, 3.05) is 10.6 Å². The number of carbonyl (C=O) groups excluding carboxylic acids is 3. The highest BCUT2D eigenvalue weighted by Crippen LogP contribution is 2.26. The molecule has 2 aromatic heterocycles. The van der Waals surface area contributed by atoms with Crippen LogP contribution in [0.2, 0.25) is 5.02 Å². The van der Waals surface area contributed by atoms with Gasteiger partial charge in [-0.3, -0.25) is 19.6 Å². The van der Waals surface area contributed by atoms with E-state index >= 15 is 0 Å². The fourth-order valence-corrected chi connectivity index (χ4v) is 4.46. The number of hydrogen-bond acceptors (Lipinski definition) is 9. The van der Waals surface area contributed by atoms with Gasteiger partial charge in [0.05, 0.1) is 11.1 Å². The average Bonchev–Trinajstić information content (AvgIpc) is 3.29. The molecule has 0 aliphatic rings. The number of carbonyl (C=O) groups is 3. The summed E-state index contributed by atoms with van der Waals surface area (Å²) in [6.45, 7) is 3.62. The fraction of sp³-hybridized carbons (Fsp3) is 0.333. The molecule has 0 atom stereocenters. The van der Waals surface area contributed by atoms with Gasteiger partial charge in [0.25, 0.3) is 0 Å². The van der Waals surface area contributed by atoms with Crippen LogP contribution in [-0.4, -0.2) is 37.8 Å². The number of hydroxylamine groups is 1. The van der Waals surface area contributed by atoms with Crippen molar-refractivity contribution in [3.8, 4) is 0 Å². The molecule has 0 aliphatic carbocycles. The van der Waals surface area contributed by atoms with Crippen LogP contribution in [0.15, 0.2) is 30.5 Å². The van der Waals surface area contributed by atoms with E-state index in [0.29, 0.717) is 51.8 Å². The first-order valence-corrected chi connectivity index (χ1v) is 12.5. The normalized spacial score (nSPS) is 10.7. The number of amides is 2. The zero-order chi connectivity index (χ0) is 26.1. The summed E-state index contributed by atoms with van der Waals surface area (Å²) in [6, 6.07) is 7.13. The van der Waals surface area contributed by atoms with Crippen molar-refractivity contribution in [2.24, 2.45) is 0 Å². The third-order valence-corrected chi connectivity index (χ3v) is 6.55. The van der Waals surface area contributed by atoms with E-state index in [9.17, 15) is 14.4 Å². The predicted molar refractivity (Wildman–Crippen MR) is 138 cm³/mol. The Labute approximate surface area is 217 Å². The Balaban J connectivity index is 1.56. The van der Waals surface area contributed by atoms with E-state index in [-0.39, 0.29) is 31.0 Å². The van der Waals surface area contributed by atoms with Gasteiger partial charge in [-0.15, -0.1) is 0 Å². The van der Waals surface area contributed by atoms with Crippen LogP contribution in [0.5, 0.6) is 0 Å². The number of halogens is 1. The first kappa shape index (κ1) is 27.2. The molecule has 190 valence electrons. The van der Waals surface area contributed by atoms with Crippen molar-refractivity contribution < 1.29 is 19.6 Å². The number of anilines is 3. The highest BCUT2D eigenvalue weighted by Gasteiger charge is 2.15. The van der Waals surface area contributed by atoms with Gasteiger partial charge >= 0.3 is 0 Å².